The van der Waals surface area contributed by atoms with Gasteiger partial charge in [-0.25, -0.2) is 4.98 Å². The van der Waals surface area contributed by atoms with Gasteiger partial charge in [0.25, 0.3) is 0 Å². The predicted molar refractivity (Wildman–Crippen MR) is 64.1 cm³/mol. The lowest BCUT2D eigenvalue weighted by Crippen LogP contribution is -1.92. The Hall–Kier alpha value is -1.25. The zero-order valence-electron chi connectivity index (χ0n) is 7.74. The third-order valence-electron chi connectivity index (χ3n) is 2.07. The quantitative estimate of drug-likeness (QED) is 0.771. The smallest absolute Gasteiger partial charge is 0.138 e. The zero-order valence-corrected chi connectivity index (χ0v) is 9.26. The van der Waals surface area contributed by atoms with Gasteiger partial charge in [-0.15, -0.1) is 0 Å². The summed E-state index contributed by atoms with van der Waals surface area (Å²) >= 11 is 11.8. The highest BCUT2D eigenvalue weighted by atomic mass is 35.5. The van der Waals surface area contributed by atoms with E-state index in [0.29, 0.717) is 15.9 Å². The highest BCUT2D eigenvalue weighted by Gasteiger charge is 2.07. The van der Waals surface area contributed by atoms with Gasteiger partial charge in [0.15, 0.2) is 0 Å². The van der Waals surface area contributed by atoms with Crippen LogP contribution >= 0.6 is 23.2 Å². The number of nitrogen functional groups attached to an aromatic ring is 1. The van der Waals surface area contributed by atoms with Crippen LogP contribution in [-0.4, -0.2) is 4.98 Å². The van der Waals surface area contributed by atoms with Gasteiger partial charge in [-0.1, -0.05) is 35.3 Å². The lowest BCUT2D eigenvalue weighted by atomic mass is 10.1. The number of anilines is 1. The average Bonchev–Trinajstić information content (AvgIpc) is 2.20. The van der Waals surface area contributed by atoms with E-state index in [-0.39, 0.29) is 0 Å². The molecule has 1 aromatic heterocycles. The second-order valence-electron chi connectivity index (χ2n) is 3.07. The van der Waals surface area contributed by atoms with Crippen molar-refractivity contribution in [1.82, 2.24) is 4.98 Å². The molecule has 0 spiro atoms. The van der Waals surface area contributed by atoms with Crippen LogP contribution in [0, 0.1) is 0 Å². The van der Waals surface area contributed by atoms with Crippen LogP contribution in [0.25, 0.3) is 11.1 Å². The second kappa shape index (κ2) is 4.09. The molecular formula is C11H8Cl2N2. The van der Waals surface area contributed by atoms with Gasteiger partial charge in [-0.2, -0.15) is 0 Å². The van der Waals surface area contributed by atoms with Gasteiger partial charge in [0.2, 0.25) is 0 Å². The Kier molecular flexibility index (Phi) is 2.80. The Labute approximate surface area is 97.7 Å². The van der Waals surface area contributed by atoms with Crippen LogP contribution < -0.4 is 5.73 Å². The van der Waals surface area contributed by atoms with Gasteiger partial charge in [0, 0.05) is 22.5 Å². The van der Waals surface area contributed by atoms with E-state index in [0.717, 1.165) is 11.1 Å². The molecule has 76 valence electrons. The third-order valence-corrected chi connectivity index (χ3v) is 2.61. The van der Waals surface area contributed by atoms with Crippen molar-refractivity contribution in [3.05, 3.63) is 46.7 Å². The minimum atomic E-state index is 0.400. The summed E-state index contributed by atoms with van der Waals surface area (Å²) in [7, 11) is 0. The maximum absolute atomic E-state index is 5.98. The molecule has 4 heteroatoms. The second-order valence-corrected chi connectivity index (χ2v) is 3.87. The lowest BCUT2D eigenvalue weighted by molar-refractivity contribution is 1.33. The molecule has 2 nitrogen and oxygen atoms in total. The van der Waals surface area contributed by atoms with Gasteiger partial charge in [-0.05, 0) is 23.8 Å². The summed E-state index contributed by atoms with van der Waals surface area (Å²) < 4.78 is 0. The first-order valence-corrected chi connectivity index (χ1v) is 5.10. The molecule has 1 aromatic carbocycles. The fraction of sp³-hybridized carbons (Fsp3) is 0. The van der Waals surface area contributed by atoms with Crippen molar-refractivity contribution in [1.29, 1.82) is 0 Å². The van der Waals surface area contributed by atoms with Crippen molar-refractivity contribution in [3.8, 4) is 11.1 Å². The van der Waals surface area contributed by atoms with Gasteiger partial charge in [-0.3, -0.25) is 0 Å². The van der Waals surface area contributed by atoms with E-state index < -0.39 is 0 Å². The summed E-state index contributed by atoms with van der Waals surface area (Å²) in [5.41, 5.74) is 8.10. The van der Waals surface area contributed by atoms with Crippen LogP contribution in [0.2, 0.25) is 10.2 Å². The molecule has 0 bridgehead atoms. The molecule has 2 N–H and O–H groups in total. The molecule has 0 unspecified atom stereocenters. The number of halogens is 2. The number of hydrogen-bond acceptors (Lipinski definition) is 2. The van der Waals surface area contributed by atoms with E-state index in [1.807, 2.05) is 12.1 Å². The Morgan fingerprint density at radius 3 is 2.27 bits per heavy atom. The first-order valence-electron chi connectivity index (χ1n) is 4.34. The van der Waals surface area contributed by atoms with Crippen LogP contribution in [0.5, 0.6) is 0 Å². The molecule has 1 heterocycles. The maximum Gasteiger partial charge on any atom is 0.138 e. The molecule has 0 amide bonds. The van der Waals surface area contributed by atoms with Crippen molar-refractivity contribution in [2.45, 2.75) is 0 Å². The average molecular weight is 239 g/mol. The first kappa shape index (κ1) is 10.3. The number of hydrogen-bond donors (Lipinski definition) is 1. The highest BCUT2D eigenvalue weighted by Crippen LogP contribution is 2.31. The topological polar surface area (TPSA) is 38.9 Å². The van der Waals surface area contributed by atoms with Crippen molar-refractivity contribution >= 4 is 28.9 Å². The molecule has 0 aliphatic carbocycles. The number of pyridine rings is 1. The summed E-state index contributed by atoms with van der Waals surface area (Å²) in [4.78, 5) is 3.99. The van der Waals surface area contributed by atoms with Crippen molar-refractivity contribution in [2.75, 3.05) is 5.73 Å². The summed E-state index contributed by atoms with van der Waals surface area (Å²) in [6.45, 7) is 0. The number of benzene rings is 1. The molecular weight excluding hydrogens is 231 g/mol. The Bertz CT molecular complexity index is 460. The molecule has 0 aliphatic heterocycles. The number of nitrogens with two attached hydrogens (primary N) is 1. The van der Waals surface area contributed by atoms with Crippen molar-refractivity contribution in [3.63, 3.8) is 0 Å². The number of aromatic nitrogens is 1. The summed E-state index contributed by atoms with van der Waals surface area (Å²) in [5, 5.41) is 1.08. The standard InChI is InChI=1S/C11H8Cl2N2/c12-8-3-1-7(2-4-8)10-9(14)5-6-15-11(10)13/h1-6H,(H2,14,15). The van der Waals surface area contributed by atoms with Crippen LogP contribution in [-0.2, 0) is 0 Å². The molecule has 0 atom stereocenters. The largest absolute Gasteiger partial charge is 0.398 e. The minimum Gasteiger partial charge on any atom is -0.398 e. The Balaban J connectivity index is 2.58. The normalized spacial score (nSPS) is 10.3. The van der Waals surface area contributed by atoms with Crippen molar-refractivity contribution in [2.24, 2.45) is 0 Å². The van der Waals surface area contributed by atoms with Crippen molar-refractivity contribution < 1.29 is 0 Å². The Morgan fingerprint density at radius 1 is 1.00 bits per heavy atom. The molecule has 0 fully saturated rings. The van der Waals surface area contributed by atoms with Crippen LogP contribution in [0.4, 0.5) is 5.69 Å². The number of nitrogens with zero attached hydrogens (tertiary/aromatic N) is 1. The van der Waals surface area contributed by atoms with E-state index >= 15 is 0 Å². The minimum absolute atomic E-state index is 0.400. The maximum atomic E-state index is 5.98. The molecule has 0 saturated carbocycles. The van der Waals surface area contributed by atoms with Gasteiger partial charge < -0.3 is 5.73 Å². The van der Waals surface area contributed by atoms with Gasteiger partial charge >= 0.3 is 0 Å². The molecule has 2 aromatic rings. The number of rotatable bonds is 1. The van der Waals surface area contributed by atoms with E-state index in [2.05, 4.69) is 4.98 Å². The third kappa shape index (κ3) is 2.06. The van der Waals surface area contributed by atoms with Crippen LogP contribution in [0.1, 0.15) is 0 Å². The zero-order chi connectivity index (χ0) is 10.8. The Morgan fingerprint density at radius 2 is 1.67 bits per heavy atom. The lowest BCUT2D eigenvalue weighted by Gasteiger charge is -2.06. The van der Waals surface area contributed by atoms with E-state index in [1.54, 1.807) is 24.4 Å². The molecule has 0 aliphatic rings. The van der Waals surface area contributed by atoms with Crippen LogP contribution in [0.3, 0.4) is 0 Å². The van der Waals surface area contributed by atoms with Gasteiger partial charge in [0.1, 0.15) is 5.15 Å². The fourth-order valence-corrected chi connectivity index (χ4v) is 1.75. The summed E-state index contributed by atoms with van der Waals surface area (Å²) in [6.07, 6.45) is 1.58. The van der Waals surface area contributed by atoms with E-state index in [4.69, 9.17) is 28.9 Å². The summed E-state index contributed by atoms with van der Waals surface area (Å²) in [5.74, 6) is 0. The predicted octanol–water partition coefficient (Wildman–Crippen LogP) is 3.64. The monoisotopic (exact) mass is 238 g/mol. The fourth-order valence-electron chi connectivity index (χ4n) is 1.35. The highest BCUT2D eigenvalue weighted by molar-refractivity contribution is 6.33. The molecule has 0 saturated heterocycles. The SMILES string of the molecule is Nc1ccnc(Cl)c1-c1ccc(Cl)cc1. The molecule has 2 rings (SSSR count). The first-order chi connectivity index (χ1) is 7.18. The molecule has 0 radical (unpaired) electrons. The van der Waals surface area contributed by atoms with Gasteiger partial charge in [0.05, 0.1) is 0 Å². The van der Waals surface area contributed by atoms with E-state index in [9.17, 15) is 0 Å². The van der Waals surface area contributed by atoms with E-state index in [1.165, 1.54) is 0 Å². The van der Waals surface area contributed by atoms with Crippen LogP contribution in [0.15, 0.2) is 36.5 Å². The molecule has 15 heavy (non-hydrogen) atoms. The summed E-state index contributed by atoms with van der Waals surface area (Å²) in [6, 6.07) is 9.03.